The molecule has 4 aromatic rings. The Morgan fingerprint density at radius 3 is 2.15 bits per heavy atom. The smallest absolute Gasteiger partial charge is 0.335 e. The maximum absolute atomic E-state index is 13.5. The van der Waals surface area contributed by atoms with Crippen molar-refractivity contribution in [3.63, 3.8) is 0 Å². The fourth-order valence-electron chi connectivity index (χ4n) is 4.02. The molecule has 0 saturated carbocycles. The zero-order valence-electron chi connectivity index (χ0n) is 17.1. The van der Waals surface area contributed by atoms with E-state index in [-0.39, 0.29) is 21.9 Å². The average molecular weight is 452 g/mol. The van der Waals surface area contributed by atoms with Gasteiger partial charge in [0.1, 0.15) is 5.57 Å². The molecule has 1 saturated heterocycles. The van der Waals surface area contributed by atoms with Crippen LogP contribution in [0.3, 0.4) is 0 Å². The number of carboxylic acid groups (broad SMARTS) is 1. The summed E-state index contributed by atoms with van der Waals surface area (Å²) >= 11 is 5.24. The van der Waals surface area contributed by atoms with E-state index in [1.807, 2.05) is 48.5 Å². The molecule has 0 radical (unpaired) electrons. The van der Waals surface area contributed by atoms with Crippen molar-refractivity contribution >= 4 is 68.4 Å². The first-order valence-corrected chi connectivity index (χ1v) is 10.5. The Labute approximate surface area is 193 Å². The number of aromatic carboxylic acids is 1. The lowest BCUT2D eigenvalue weighted by Gasteiger charge is -2.29. The van der Waals surface area contributed by atoms with E-state index in [0.29, 0.717) is 0 Å². The van der Waals surface area contributed by atoms with Crippen LogP contribution in [0.4, 0.5) is 5.69 Å². The van der Waals surface area contributed by atoms with Gasteiger partial charge in [-0.15, -0.1) is 0 Å². The first-order chi connectivity index (χ1) is 15.9. The van der Waals surface area contributed by atoms with Crippen LogP contribution in [0.5, 0.6) is 0 Å². The summed E-state index contributed by atoms with van der Waals surface area (Å²) in [6.07, 6.45) is 1.58. The maximum Gasteiger partial charge on any atom is 0.335 e. The summed E-state index contributed by atoms with van der Waals surface area (Å²) in [4.78, 5) is 38.8. The second kappa shape index (κ2) is 7.96. The van der Waals surface area contributed by atoms with Gasteiger partial charge in [0.25, 0.3) is 11.8 Å². The van der Waals surface area contributed by atoms with Gasteiger partial charge in [0, 0.05) is 0 Å². The highest BCUT2D eigenvalue weighted by atomic mass is 32.1. The fourth-order valence-corrected chi connectivity index (χ4v) is 4.30. The molecular formula is C26H16N2O4S. The molecule has 33 heavy (non-hydrogen) atoms. The standard InChI is InChI=1S/C26H16N2O4S/c29-23-22(24(30)28(26(33)27-23)18-9-5-8-17(13-18)25(31)32)14-21-19-10-3-1-6-15(19)12-16-7-2-4-11-20(16)21/h1-14H,(H,31,32)(H,27,29,33). The van der Waals surface area contributed by atoms with E-state index in [4.69, 9.17) is 12.2 Å². The van der Waals surface area contributed by atoms with E-state index in [2.05, 4.69) is 11.4 Å². The van der Waals surface area contributed by atoms with Gasteiger partial charge in [0.2, 0.25) is 0 Å². The van der Waals surface area contributed by atoms with Gasteiger partial charge in [-0.2, -0.15) is 0 Å². The summed E-state index contributed by atoms with van der Waals surface area (Å²) in [7, 11) is 0. The molecule has 2 amide bonds. The topological polar surface area (TPSA) is 86.7 Å². The Hall–Kier alpha value is -4.36. The van der Waals surface area contributed by atoms with Crippen LogP contribution in [0.2, 0.25) is 0 Å². The van der Waals surface area contributed by atoms with Crippen molar-refractivity contribution in [2.24, 2.45) is 0 Å². The molecule has 1 aliphatic heterocycles. The third kappa shape index (κ3) is 3.54. The van der Waals surface area contributed by atoms with Crippen LogP contribution < -0.4 is 10.2 Å². The molecule has 2 N–H and O–H groups in total. The molecular weight excluding hydrogens is 436 g/mol. The third-order valence-corrected chi connectivity index (χ3v) is 5.84. The van der Waals surface area contributed by atoms with E-state index < -0.39 is 17.8 Å². The number of carboxylic acids is 1. The highest BCUT2D eigenvalue weighted by Gasteiger charge is 2.35. The highest BCUT2D eigenvalue weighted by Crippen LogP contribution is 2.31. The summed E-state index contributed by atoms with van der Waals surface area (Å²) in [5.74, 6) is -2.36. The Balaban J connectivity index is 1.70. The van der Waals surface area contributed by atoms with Gasteiger partial charge < -0.3 is 5.11 Å². The minimum absolute atomic E-state index is 0.00516. The zero-order chi connectivity index (χ0) is 23.1. The number of hydrogen-bond donors (Lipinski definition) is 2. The van der Waals surface area contributed by atoms with Gasteiger partial charge in [0.15, 0.2) is 5.11 Å². The van der Waals surface area contributed by atoms with E-state index >= 15 is 0 Å². The van der Waals surface area contributed by atoms with Crippen molar-refractivity contribution in [2.75, 3.05) is 4.90 Å². The number of nitrogens with one attached hydrogen (secondary N) is 1. The van der Waals surface area contributed by atoms with Gasteiger partial charge in [-0.1, -0.05) is 54.6 Å². The van der Waals surface area contributed by atoms with Crippen LogP contribution in [0, 0.1) is 0 Å². The number of carbonyl (C=O) groups is 3. The largest absolute Gasteiger partial charge is 0.478 e. The van der Waals surface area contributed by atoms with Gasteiger partial charge in [0.05, 0.1) is 11.3 Å². The predicted octanol–water partition coefficient (Wildman–Crippen LogP) is 4.52. The third-order valence-electron chi connectivity index (χ3n) is 5.55. The zero-order valence-corrected chi connectivity index (χ0v) is 17.9. The summed E-state index contributed by atoms with van der Waals surface area (Å²) < 4.78 is 0. The van der Waals surface area contributed by atoms with Crippen molar-refractivity contribution in [2.45, 2.75) is 0 Å². The lowest BCUT2D eigenvalue weighted by Crippen LogP contribution is -2.54. The molecule has 0 spiro atoms. The molecule has 1 fully saturated rings. The first kappa shape index (κ1) is 20.5. The van der Waals surface area contributed by atoms with Crippen LogP contribution >= 0.6 is 12.2 Å². The van der Waals surface area contributed by atoms with Crippen LogP contribution in [-0.2, 0) is 9.59 Å². The molecule has 5 rings (SSSR count). The molecule has 0 aliphatic carbocycles. The van der Waals surface area contributed by atoms with Crippen LogP contribution in [0.15, 0.2) is 84.4 Å². The van der Waals surface area contributed by atoms with Crippen molar-refractivity contribution in [3.05, 3.63) is 95.6 Å². The number of fused-ring (bicyclic) bond motifs is 2. The number of hydrogen-bond acceptors (Lipinski definition) is 4. The van der Waals surface area contributed by atoms with Crippen molar-refractivity contribution < 1.29 is 19.5 Å². The van der Waals surface area contributed by atoms with Crippen LogP contribution in [0.25, 0.3) is 27.6 Å². The van der Waals surface area contributed by atoms with E-state index in [0.717, 1.165) is 32.0 Å². The molecule has 0 unspecified atom stereocenters. The molecule has 1 heterocycles. The van der Waals surface area contributed by atoms with E-state index in [9.17, 15) is 19.5 Å². The summed E-state index contributed by atoms with van der Waals surface area (Å²) in [5, 5.41) is 15.5. The second-order valence-corrected chi connectivity index (χ2v) is 7.93. The number of nitrogens with zero attached hydrogens (tertiary/aromatic N) is 1. The molecule has 1 aliphatic rings. The number of thiocarbonyl (C=S) groups is 1. The molecule has 0 bridgehead atoms. The maximum atomic E-state index is 13.5. The molecule has 7 heteroatoms. The Bertz CT molecular complexity index is 1490. The molecule has 0 aromatic heterocycles. The van der Waals surface area contributed by atoms with Crippen molar-refractivity contribution in [1.82, 2.24) is 5.32 Å². The molecule has 6 nitrogen and oxygen atoms in total. The van der Waals surface area contributed by atoms with E-state index in [1.165, 1.54) is 18.2 Å². The predicted molar refractivity (Wildman–Crippen MR) is 131 cm³/mol. The fraction of sp³-hybridized carbons (Fsp3) is 0. The highest BCUT2D eigenvalue weighted by molar-refractivity contribution is 7.80. The first-order valence-electron chi connectivity index (χ1n) is 10.1. The second-order valence-electron chi connectivity index (χ2n) is 7.55. The molecule has 160 valence electrons. The Morgan fingerprint density at radius 2 is 1.52 bits per heavy atom. The van der Waals surface area contributed by atoms with Crippen LogP contribution in [0.1, 0.15) is 15.9 Å². The van der Waals surface area contributed by atoms with Crippen molar-refractivity contribution in [1.29, 1.82) is 0 Å². The van der Waals surface area contributed by atoms with E-state index in [1.54, 1.807) is 12.1 Å². The Morgan fingerprint density at radius 1 is 0.879 bits per heavy atom. The molecule has 4 aromatic carbocycles. The number of benzene rings is 4. The lowest BCUT2D eigenvalue weighted by atomic mass is 9.94. The monoisotopic (exact) mass is 452 g/mol. The minimum atomic E-state index is -1.13. The van der Waals surface area contributed by atoms with Crippen molar-refractivity contribution in [3.8, 4) is 0 Å². The SMILES string of the molecule is O=C1NC(=S)N(c2cccc(C(=O)O)c2)C(=O)C1=Cc1c2ccccc2cc2ccccc12. The molecule has 0 atom stereocenters. The van der Waals surface area contributed by atoms with Crippen LogP contribution in [-0.4, -0.2) is 28.0 Å². The summed E-state index contributed by atoms with van der Waals surface area (Å²) in [6, 6.07) is 23.4. The number of anilines is 1. The summed E-state index contributed by atoms with van der Waals surface area (Å²) in [5.41, 5.74) is 0.921. The minimum Gasteiger partial charge on any atom is -0.478 e. The lowest BCUT2D eigenvalue weighted by molar-refractivity contribution is -0.122. The van der Waals surface area contributed by atoms with Gasteiger partial charge >= 0.3 is 5.97 Å². The quantitative estimate of drug-likeness (QED) is 0.207. The summed E-state index contributed by atoms with van der Waals surface area (Å²) in [6.45, 7) is 0. The normalized spacial score (nSPS) is 15.3. The Kier molecular flexibility index (Phi) is 4.95. The van der Waals surface area contributed by atoms with Gasteiger partial charge in [-0.05, 0) is 69.7 Å². The average Bonchev–Trinajstić information content (AvgIpc) is 2.81. The van der Waals surface area contributed by atoms with Gasteiger partial charge in [-0.3, -0.25) is 19.8 Å². The number of amides is 2. The number of carbonyl (C=O) groups excluding carboxylic acids is 2. The van der Waals surface area contributed by atoms with Gasteiger partial charge in [-0.25, -0.2) is 4.79 Å². The number of rotatable bonds is 3.